The first-order chi connectivity index (χ1) is 14.8. The predicted molar refractivity (Wildman–Crippen MR) is 113 cm³/mol. The fourth-order valence-electron chi connectivity index (χ4n) is 4.70. The molecule has 3 heterocycles. The normalized spacial score (nSPS) is 25.4. The Kier molecular flexibility index (Phi) is 6.48. The van der Waals surface area contributed by atoms with E-state index in [-0.39, 0.29) is 17.4 Å². The number of Topliss-reactive ketones (excluding diaryl/α,β-unsaturated/α-hetero) is 1. The van der Waals surface area contributed by atoms with Crippen molar-refractivity contribution in [1.29, 1.82) is 0 Å². The Bertz CT molecular complexity index is 926. The largest absolute Gasteiger partial charge is 0.418 e. The Labute approximate surface area is 180 Å². The number of fused-ring (bicyclic) bond motifs is 1. The van der Waals surface area contributed by atoms with E-state index in [9.17, 15) is 18.0 Å². The van der Waals surface area contributed by atoms with Crippen molar-refractivity contribution in [3.05, 3.63) is 36.0 Å². The third kappa shape index (κ3) is 5.01. The van der Waals surface area contributed by atoms with E-state index < -0.39 is 17.8 Å². The maximum absolute atomic E-state index is 13.5. The second-order valence-corrected chi connectivity index (χ2v) is 8.59. The number of aromatic nitrogens is 1. The number of morpholine rings is 1. The first kappa shape index (κ1) is 22.0. The SMILES string of the molecule is C[C@@H]1CN(c2ccc(C(F)(F)F)c3ncccc23)C[C@H](C(=O)CC2CCCNCC2)O1. The third-order valence-corrected chi connectivity index (χ3v) is 6.20. The summed E-state index contributed by atoms with van der Waals surface area (Å²) in [6.45, 7) is 4.66. The Balaban J connectivity index is 1.57. The van der Waals surface area contributed by atoms with Crippen LogP contribution in [0.4, 0.5) is 18.9 Å². The zero-order valence-electron chi connectivity index (χ0n) is 17.6. The lowest BCUT2D eigenvalue weighted by molar-refractivity contribution is -0.136. The van der Waals surface area contributed by atoms with E-state index in [2.05, 4.69) is 10.3 Å². The standard InChI is InChI=1S/C23H28F3N3O2/c1-15-13-29(14-21(31-15)20(30)12-16-4-2-9-27-11-8-16)19-7-6-18(23(24,25)26)22-17(19)5-3-10-28-22/h3,5-7,10,15-16,21,27H,2,4,8-9,11-14H2,1H3/t15-,16?,21-/m1/s1. The molecule has 2 aliphatic heterocycles. The van der Waals surface area contributed by atoms with Crippen LogP contribution in [0.2, 0.25) is 0 Å². The van der Waals surface area contributed by atoms with Crippen molar-refractivity contribution in [2.75, 3.05) is 31.1 Å². The minimum Gasteiger partial charge on any atom is -0.365 e. The second-order valence-electron chi connectivity index (χ2n) is 8.59. The summed E-state index contributed by atoms with van der Waals surface area (Å²) in [5.41, 5.74) is -0.161. The average Bonchev–Trinajstić information content (AvgIpc) is 3.00. The van der Waals surface area contributed by atoms with E-state index in [1.54, 1.807) is 12.1 Å². The summed E-state index contributed by atoms with van der Waals surface area (Å²) in [5.74, 6) is 0.436. The van der Waals surface area contributed by atoms with Gasteiger partial charge in [-0.25, -0.2) is 0 Å². The van der Waals surface area contributed by atoms with E-state index >= 15 is 0 Å². The highest BCUT2D eigenvalue weighted by atomic mass is 19.4. The van der Waals surface area contributed by atoms with Crippen molar-refractivity contribution in [2.45, 2.75) is 51.0 Å². The molecule has 31 heavy (non-hydrogen) atoms. The molecule has 0 amide bonds. The number of benzene rings is 1. The van der Waals surface area contributed by atoms with Crippen molar-refractivity contribution < 1.29 is 22.7 Å². The molecule has 2 aliphatic rings. The summed E-state index contributed by atoms with van der Waals surface area (Å²) in [6, 6.07) is 5.87. The number of halogens is 3. The lowest BCUT2D eigenvalue weighted by atomic mass is 9.92. The topological polar surface area (TPSA) is 54.5 Å². The van der Waals surface area contributed by atoms with Crippen LogP contribution in [-0.4, -0.2) is 49.2 Å². The molecule has 0 aliphatic carbocycles. The lowest BCUT2D eigenvalue weighted by Gasteiger charge is -2.38. The summed E-state index contributed by atoms with van der Waals surface area (Å²) in [7, 11) is 0. The predicted octanol–water partition coefficient (Wildman–Crippen LogP) is 4.20. The fraction of sp³-hybridized carbons (Fsp3) is 0.565. The molecule has 0 radical (unpaired) electrons. The molecule has 2 fully saturated rings. The molecule has 0 spiro atoms. The summed E-state index contributed by atoms with van der Waals surface area (Å²) in [4.78, 5) is 19.0. The highest BCUT2D eigenvalue weighted by Gasteiger charge is 2.36. The van der Waals surface area contributed by atoms with Gasteiger partial charge >= 0.3 is 6.18 Å². The van der Waals surface area contributed by atoms with E-state index in [1.165, 1.54) is 12.3 Å². The monoisotopic (exact) mass is 435 g/mol. The first-order valence-electron chi connectivity index (χ1n) is 10.9. The Morgan fingerprint density at radius 3 is 2.87 bits per heavy atom. The van der Waals surface area contributed by atoms with Crippen LogP contribution in [0.3, 0.4) is 0 Å². The highest BCUT2D eigenvalue weighted by molar-refractivity contribution is 5.94. The molecule has 4 rings (SSSR count). The van der Waals surface area contributed by atoms with Crippen molar-refractivity contribution in [3.8, 4) is 0 Å². The number of alkyl halides is 3. The quantitative estimate of drug-likeness (QED) is 0.780. The van der Waals surface area contributed by atoms with Crippen LogP contribution in [-0.2, 0) is 15.7 Å². The number of hydrogen-bond acceptors (Lipinski definition) is 5. The van der Waals surface area contributed by atoms with Gasteiger partial charge in [0.1, 0.15) is 6.10 Å². The van der Waals surface area contributed by atoms with Crippen molar-refractivity contribution in [1.82, 2.24) is 10.3 Å². The maximum atomic E-state index is 13.5. The molecule has 5 nitrogen and oxygen atoms in total. The molecule has 0 bridgehead atoms. The lowest BCUT2D eigenvalue weighted by Crippen LogP contribution is -2.50. The van der Waals surface area contributed by atoms with Gasteiger partial charge in [0.15, 0.2) is 5.78 Å². The summed E-state index contributed by atoms with van der Waals surface area (Å²) >= 11 is 0. The van der Waals surface area contributed by atoms with Crippen LogP contribution in [0.1, 0.15) is 38.2 Å². The van der Waals surface area contributed by atoms with Gasteiger partial charge in [0.25, 0.3) is 0 Å². The van der Waals surface area contributed by atoms with Crippen LogP contribution in [0.25, 0.3) is 10.9 Å². The number of ketones is 1. The zero-order valence-corrected chi connectivity index (χ0v) is 17.6. The molecular weight excluding hydrogens is 407 g/mol. The molecular formula is C23H28F3N3O2. The van der Waals surface area contributed by atoms with E-state index in [4.69, 9.17) is 4.74 Å². The van der Waals surface area contributed by atoms with Gasteiger partial charge < -0.3 is 15.0 Å². The van der Waals surface area contributed by atoms with Gasteiger partial charge in [0.05, 0.1) is 23.7 Å². The van der Waals surface area contributed by atoms with Crippen LogP contribution >= 0.6 is 0 Å². The van der Waals surface area contributed by atoms with Crippen LogP contribution in [0.15, 0.2) is 30.5 Å². The van der Waals surface area contributed by atoms with Crippen molar-refractivity contribution in [2.24, 2.45) is 5.92 Å². The van der Waals surface area contributed by atoms with Gasteiger partial charge in [-0.3, -0.25) is 9.78 Å². The maximum Gasteiger partial charge on any atom is 0.418 e. The molecule has 8 heteroatoms. The number of anilines is 1. The third-order valence-electron chi connectivity index (χ3n) is 6.20. The fourth-order valence-corrected chi connectivity index (χ4v) is 4.70. The number of hydrogen-bond donors (Lipinski definition) is 1. The number of rotatable bonds is 4. The van der Waals surface area contributed by atoms with Gasteiger partial charge in [-0.15, -0.1) is 0 Å². The molecule has 1 unspecified atom stereocenters. The van der Waals surface area contributed by atoms with E-state index in [0.717, 1.165) is 38.4 Å². The van der Waals surface area contributed by atoms with Crippen molar-refractivity contribution >= 4 is 22.4 Å². The van der Waals surface area contributed by atoms with E-state index in [0.29, 0.717) is 36.5 Å². The molecule has 0 saturated carbocycles. The number of ether oxygens (including phenoxy) is 1. The minimum absolute atomic E-state index is 0.0690. The smallest absolute Gasteiger partial charge is 0.365 e. The number of carbonyl (C=O) groups is 1. The zero-order chi connectivity index (χ0) is 22.0. The van der Waals surface area contributed by atoms with Gasteiger partial charge in [0, 0.05) is 30.2 Å². The molecule has 3 atom stereocenters. The first-order valence-corrected chi connectivity index (χ1v) is 10.9. The molecule has 1 aromatic heterocycles. The van der Waals surface area contributed by atoms with Gasteiger partial charge in [0.2, 0.25) is 0 Å². The van der Waals surface area contributed by atoms with E-state index in [1.807, 2.05) is 11.8 Å². The van der Waals surface area contributed by atoms with Crippen LogP contribution in [0.5, 0.6) is 0 Å². The Morgan fingerprint density at radius 1 is 1.23 bits per heavy atom. The van der Waals surface area contributed by atoms with Crippen LogP contribution in [0, 0.1) is 5.92 Å². The van der Waals surface area contributed by atoms with Gasteiger partial charge in [-0.1, -0.05) is 0 Å². The number of nitrogens with one attached hydrogen (secondary N) is 1. The summed E-state index contributed by atoms with van der Waals surface area (Å²) < 4.78 is 46.3. The molecule has 168 valence electrons. The Morgan fingerprint density at radius 2 is 2.06 bits per heavy atom. The highest BCUT2D eigenvalue weighted by Crippen LogP contribution is 2.38. The average molecular weight is 435 g/mol. The van der Waals surface area contributed by atoms with Gasteiger partial charge in [-0.2, -0.15) is 13.2 Å². The Hall–Kier alpha value is -2.19. The van der Waals surface area contributed by atoms with Crippen molar-refractivity contribution in [3.63, 3.8) is 0 Å². The number of carbonyl (C=O) groups excluding carboxylic acids is 1. The molecule has 1 N–H and O–H groups in total. The summed E-state index contributed by atoms with van der Waals surface area (Å²) in [5, 5.41) is 3.80. The van der Waals surface area contributed by atoms with Crippen LogP contribution < -0.4 is 10.2 Å². The number of pyridine rings is 1. The summed E-state index contributed by atoms with van der Waals surface area (Å²) in [6.07, 6.45) is -0.320. The second kappa shape index (κ2) is 9.12. The minimum atomic E-state index is -4.48. The van der Waals surface area contributed by atoms with Gasteiger partial charge in [-0.05, 0) is 69.5 Å². The molecule has 2 saturated heterocycles. The number of nitrogens with zero attached hydrogens (tertiary/aromatic N) is 2. The molecule has 2 aromatic rings. The molecule has 1 aromatic carbocycles.